The zero-order valence-electron chi connectivity index (χ0n) is 16.2. The first kappa shape index (κ1) is 19.7. The van der Waals surface area contributed by atoms with E-state index in [0.29, 0.717) is 18.3 Å². The summed E-state index contributed by atoms with van der Waals surface area (Å²) < 4.78 is 5.26. The standard InChI is InChI=1S/C21H31N3O3/c1-13(25)23-19(10-14-5-3-8-18(9-14)27-2)21(26)24-20-15-6-4-7-16(20)12-17(22)11-15/h3,5,8-9,15-17,19-20H,4,6-7,10-12,22H2,1-2H3,(H,23,25)(H,24,26). The Morgan fingerprint density at radius 2 is 1.96 bits per heavy atom. The number of methoxy groups -OCH3 is 1. The van der Waals surface area contributed by atoms with Crippen LogP contribution in [0.2, 0.25) is 0 Å². The molecule has 3 atom stereocenters. The van der Waals surface area contributed by atoms with Gasteiger partial charge in [0.2, 0.25) is 11.8 Å². The summed E-state index contributed by atoms with van der Waals surface area (Å²) in [5, 5.41) is 6.07. The molecular formula is C21H31N3O3. The predicted molar refractivity (Wildman–Crippen MR) is 104 cm³/mol. The summed E-state index contributed by atoms with van der Waals surface area (Å²) in [4.78, 5) is 24.7. The van der Waals surface area contributed by atoms with E-state index in [-0.39, 0.29) is 23.9 Å². The molecule has 2 saturated carbocycles. The Morgan fingerprint density at radius 1 is 1.26 bits per heavy atom. The monoisotopic (exact) mass is 373 g/mol. The number of fused-ring (bicyclic) bond motifs is 2. The fourth-order valence-electron chi connectivity index (χ4n) is 4.78. The van der Waals surface area contributed by atoms with E-state index in [4.69, 9.17) is 10.5 Å². The van der Waals surface area contributed by atoms with Gasteiger partial charge >= 0.3 is 0 Å². The number of benzene rings is 1. The van der Waals surface area contributed by atoms with Crippen molar-refractivity contribution in [1.29, 1.82) is 0 Å². The van der Waals surface area contributed by atoms with Gasteiger partial charge in [0.05, 0.1) is 7.11 Å². The molecule has 1 aromatic carbocycles. The number of nitrogens with two attached hydrogens (primary N) is 1. The fourth-order valence-corrected chi connectivity index (χ4v) is 4.78. The van der Waals surface area contributed by atoms with Crippen molar-refractivity contribution in [2.75, 3.05) is 7.11 Å². The first-order chi connectivity index (χ1) is 13.0. The highest BCUT2D eigenvalue weighted by Crippen LogP contribution is 2.39. The van der Waals surface area contributed by atoms with Crippen molar-refractivity contribution in [2.24, 2.45) is 17.6 Å². The molecule has 6 nitrogen and oxygen atoms in total. The largest absolute Gasteiger partial charge is 0.497 e. The smallest absolute Gasteiger partial charge is 0.243 e. The Balaban J connectivity index is 1.70. The van der Waals surface area contributed by atoms with Crippen molar-refractivity contribution >= 4 is 11.8 Å². The van der Waals surface area contributed by atoms with E-state index < -0.39 is 6.04 Å². The lowest BCUT2D eigenvalue weighted by Crippen LogP contribution is -2.57. The summed E-state index contributed by atoms with van der Waals surface area (Å²) in [6, 6.07) is 7.43. The zero-order valence-corrected chi connectivity index (χ0v) is 16.2. The van der Waals surface area contributed by atoms with E-state index in [2.05, 4.69) is 10.6 Å². The summed E-state index contributed by atoms with van der Waals surface area (Å²) >= 11 is 0. The molecule has 0 heterocycles. The number of carbonyl (C=O) groups excluding carboxylic acids is 2. The van der Waals surface area contributed by atoms with Gasteiger partial charge in [-0.15, -0.1) is 0 Å². The number of rotatable bonds is 6. The van der Waals surface area contributed by atoms with Gasteiger partial charge in [-0.3, -0.25) is 9.59 Å². The van der Waals surface area contributed by atoms with Crippen molar-refractivity contribution in [1.82, 2.24) is 10.6 Å². The summed E-state index contributed by atoms with van der Waals surface area (Å²) in [6.45, 7) is 1.44. The Bertz CT molecular complexity index is 664. The summed E-state index contributed by atoms with van der Waals surface area (Å²) in [7, 11) is 1.61. The maximum atomic E-state index is 13.0. The molecule has 6 heteroatoms. The van der Waals surface area contributed by atoms with Gasteiger partial charge in [0.25, 0.3) is 0 Å². The minimum atomic E-state index is -0.592. The van der Waals surface area contributed by atoms with Crippen LogP contribution in [0.1, 0.15) is 44.6 Å². The van der Waals surface area contributed by atoms with Crippen LogP contribution in [0.15, 0.2) is 24.3 Å². The summed E-state index contributed by atoms with van der Waals surface area (Å²) in [5.41, 5.74) is 7.14. The lowest BCUT2D eigenvalue weighted by molar-refractivity contribution is -0.129. The van der Waals surface area contributed by atoms with Crippen LogP contribution in [0.25, 0.3) is 0 Å². The molecule has 2 bridgehead atoms. The Labute approximate surface area is 161 Å². The van der Waals surface area contributed by atoms with Gasteiger partial charge in [-0.1, -0.05) is 18.6 Å². The van der Waals surface area contributed by atoms with Crippen LogP contribution in [0.3, 0.4) is 0 Å². The van der Waals surface area contributed by atoms with Crippen molar-refractivity contribution in [3.05, 3.63) is 29.8 Å². The van der Waals surface area contributed by atoms with E-state index in [0.717, 1.165) is 37.0 Å². The van der Waals surface area contributed by atoms with Gasteiger partial charge in [0.15, 0.2) is 0 Å². The van der Waals surface area contributed by atoms with Crippen LogP contribution >= 0.6 is 0 Å². The second-order valence-electron chi connectivity index (χ2n) is 8.03. The van der Waals surface area contributed by atoms with Gasteiger partial charge in [0.1, 0.15) is 11.8 Å². The molecule has 4 N–H and O–H groups in total. The second kappa shape index (κ2) is 8.74. The molecule has 0 radical (unpaired) electrons. The number of ether oxygens (including phenoxy) is 1. The van der Waals surface area contributed by atoms with E-state index in [9.17, 15) is 9.59 Å². The molecule has 3 rings (SSSR count). The maximum Gasteiger partial charge on any atom is 0.243 e. The van der Waals surface area contributed by atoms with Crippen molar-refractivity contribution in [3.63, 3.8) is 0 Å². The highest BCUT2D eigenvalue weighted by molar-refractivity contribution is 5.87. The van der Waals surface area contributed by atoms with Gasteiger partial charge in [-0.25, -0.2) is 0 Å². The minimum absolute atomic E-state index is 0.106. The normalized spacial score (nSPS) is 28.1. The van der Waals surface area contributed by atoms with Gasteiger partial charge < -0.3 is 21.1 Å². The molecule has 3 unspecified atom stereocenters. The van der Waals surface area contributed by atoms with Crippen LogP contribution in [0.5, 0.6) is 5.75 Å². The van der Waals surface area contributed by atoms with Crippen LogP contribution in [-0.2, 0) is 16.0 Å². The molecule has 0 saturated heterocycles. The Morgan fingerprint density at radius 3 is 2.59 bits per heavy atom. The number of hydrogen-bond acceptors (Lipinski definition) is 4. The van der Waals surface area contributed by atoms with E-state index in [1.165, 1.54) is 13.3 Å². The van der Waals surface area contributed by atoms with E-state index in [1.54, 1.807) is 7.11 Å². The van der Waals surface area contributed by atoms with Crippen molar-refractivity contribution < 1.29 is 14.3 Å². The van der Waals surface area contributed by atoms with Crippen LogP contribution in [0.4, 0.5) is 0 Å². The molecule has 0 aliphatic heterocycles. The summed E-state index contributed by atoms with van der Waals surface area (Å²) in [5.74, 6) is 1.33. The van der Waals surface area contributed by atoms with Crippen LogP contribution < -0.4 is 21.1 Å². The Hall–Kier alpha value is -2.08. The molecule has 2 fully saturated rings. The molecule has 2 aliphatic carbocycles. The molecule has 2 aliphatic rings. The van der Waals surface area contributed by atoms with E-state index in [1.807, 2.05) is 24.3 Å². The van der Waals surface area contributed by atoms with Crippen LogP contribution in [0, 0.1) is 11.8 Å². The van der Waals surface area contributed by atoms with Crippen molar-refractivity contribution in [2.45, 2.75) is 63.6 Å². The maximum absolute atomic E-state index is 13.0. The fraction of sp³-hybridized carbons (Fsp3) is 0.619. The predicted octanol–water partition coefficient (Wildman–Crippen LogP) is 1.76. The molecule has 1 aromatic rings. The number of nitrogens with one attached hydrogen (secondary N) is 2. The van der Waals surface area contributed by atoms with Crippen molar-refractivity contribution in [3.8, 4) is 5.75 Å². The topological polar surface area (TPSA) is 93.4 Å². The third kappa shape index (κ3) is 5.01. The molecule has 0 spiro atoms. The number of carbonyl (C=O) groups is 2. The first-order valence-corrected chi connectivity index (χ1v) is 9.92. The number of amides is 2. The third-order valence-electron chi connectivity index (χ3n) is 5.95. The van der Waals surface area contributed by atoms with Gasteiger partial charge in [-0.2, -0.15) is 0 Å². The summed E-state index contributed by atoms with van der Waals surface area (Å²) in [6.07, 6.45) is 5.84. The lowest BCUT2D eigenvalue weighted by atomic mass is 9.67. The molecule has 2 amide bonds. The second-order valence-corrected chi connectivity index (χ2v) is 8.03. The minimum Gasteiger partial charge on any atom is -0.497 e. The SMILES string of the molecule is COc1cccc(CC(NC(C)=O)C(=O)NC2C3CCCC2CC(N)C3)c1. The number of hydrogen-bond donors (Lipinski definition) is 3. The molecule has 148 valence electrons. The quantitative estimate of drug-likeness (QED) is 0.708. The lowest BCUT2D eigenvalue weighted by Gasteiger charge is -2.45. The van der Waals surface area contributed by atoms with Crippen LogP contribution in [-0.4, -0.2) is 37.0 Å². The van der Waals surface area contributed by atoms with Gasteiger partial charge in [0, 0.05) is 25.4 Å². The zero-order chi connectivity index (χ0) is 19.4. The molecule has 0 aromatic heterocycles. The Kier molecular flexibility index (Phi) is 6.37. The van der Waals surface area contributed by atoms with Gasteiger partial charge in [-0.05, 0) is 55.2 Å². The highest BCUT2D eigenvalue weighted by atomic mass is 16.5. The average Bonchev–Trinajstić information content (AvgIpc) is 2.61. The third-order valence-corrected chi connectivity index (χ3v) is 5.95. The average molecular weight is 373 g/mol. The first-order valence-electron chi connectivity index (χ1n) is 9.92. The highest BCUT2D eigenvalue weighted by Gasteiger charge is 2.40. The molecule has 27 heavy (non-hydrogen) atoms. The molecular weight excluding hydrogens is 342 g/mol. The van der Waals surface area contributed by atoms with E-state index >= 15 is 0 Å².